The van der Waals surface area contributed by atoms with Crippen molar-refractivity contribution in [2.75, 3.05) is 11.5 Å². The Balaban J connectivity index is 1.96. The molecule has 0 aromatic heterocycles. The normalized spacial score (nSPS) is 38.4. The predicted molar refractivity (Wildman–Crippen MR) is 66.5 cm³/mol. The van der Waals surface area contributed by atoms with Crippen molar-refractivity contribution in [2.45, 2.75) is 63.8 Å². The second-order valence-corrected chi connectivity index (χ2v) is 7.10. The van der Waals surface area contributed by atoms with Gasteiger partial charge in [-0.05, 0) is 46.3 Å². The number of thioether (sulfide) groups is 1. The third-order valence-electron chi connectivity index (χ3n) is 3.44. The second kappa shape index (κ2) is 3.94. The molecule has 1 N–H and O–H groups in total. The topological polar surface area (TPSA) is 21.3 Å². The maximum Gasteiger partial charge on any atom is 0.0787 e. The fourth-order valence-electron chi connectivity index (χ4n) is 2.77. The first-order valence-corrected chi connectivity index (χ1v) is 7.08. The van der Waals surface area contributed by atoms with Gasteiger partial charge in [0.2, 0.25) is 0 Å². The molecule has 2 rings (SSSR count). The highest BCUT2D eigenvalue weighted by molar-refractivity contribution is 7.99. The van der Waals surface area contributed by atoms with Crippen LogP contribution in [0, 0.1) is 0 Å². The number of nitrogens with one attached hydrogen (secondary N) is 1. The van der Waals surface area contributed by atoms with Crippen LogP contribution in [0.5, 0.6) is 0 Å². The van der Waals surface area contributed by atoms with Gasteiger partial charge in [-0.2, -0.15) is 11.8 Å². The molecule has 0 bridgehead atoms. The van der Waals surface area contributed by atoms with Crippen molar-refractivity contribution in [3.05, 3.63) is 0 Å². The lowest BCUT2D eigenvalue weighted by Crippen LogP contribution is -2.48. The van der Waals surface area contributed by atoms with E-state index in [-0.39, 0.29) is 11.2 Å². The number of rotatable bonds is 2. The zero-order chi connectivity index (χ0) is 11.1. The first kappa shape index (κ1) is 11.7. The minimum Gasteiger partial charge on any atom is -0.368 e. The van der Waals surface area contributed by atoms with Gasteiger partial charge in [0.25, 0.3) is 0 Å². The largest absolute Gasteiger partial charge is 0.368 e. The summed E-state index contributed by atoms with van der Waals surface area (Å²) in [7, 11) is 0. The fourth-order valence-corrected chi connectivity index (χ4v) is 3.94. The van der Waals surface area contributed by atoms with Crippen molar-refractivity contribution in [1.29, 1.82) is 0 Å². The molecule has 0 amide bonds. The van der Waals surface area contributed by atoms with Gasteiger partial charge in [0.05, 0.1) is 11.2 Å². The Bertz CT molecular complexity index is 234. The number of hydrogen-bond donors (Lipinski definition) is 1. The lowest BCUT2D eigenvalue weighted by atomic mass is 9.93. The van der Waals surface area contributed by atoms with E-state index in [1.165, 1.54) is 17.9 Å². The van der Waals surface area contributed by atoms with Crippen molar-refractivity contribution >= 4 is 11.8 Å². The highest BCUT2D eigenvalue weighted by atomic mass is 32.2. The molecule has 0 aromatic carbocycles. The summed E-state index contributed by atoms with van der Waals surface area (Å²) in [5, 5.41) is 3.78. The summed E-state index contributed by atoms with van der Waals surface area (Å²) >= 11 is 2.06. The van der Waals surface area contributed by atoms with E-state index in [4.69, 9.17) is 4.74 Å². The van der Waals surface area contributed by atoms with Crippen molar-refractivity contribution < 1.29 is 4.74 Å². The Morgan fingerprint density at radius 1 is 1.27 bits per heavy atom. The van der Waals surface area contributed by atoms with E-state index >= 15 is 0 Å². The molecule has 88 valence electrons. The van der Waals surface area contributed by atoms with Crippen LogP contribution in [0.25, 0.3) is 0 Å². The van der Waals surface area contributed by atoms with E-state index in [1.807, 2.05) is 0 Å². The van der Waals surface area contributed by atoms with Crippen LogP contribution in [-0.4, -0.2) is 34.8 Å². The monoisotopic (exact) mass is 229 g/mol. The zero-order valence-corrected chi connectivity index (χ0v) is 11.1. The average molecular weight is 229 g/mol. The molecule has 2 unspecified atom stereocenters. The average Bonchev–Trinajstić information content (AvgIpc) is 2.58. The van der Waals surface area contributed by atoms with Gasteiger partial charge in [0, 0.05) is 17.8 Å². The lowest BCUT2D eigenvalue weighted by Gasteiger charge is -2.29. The zero-order valence-electron chi connectivity index (χ0n) is 10.3. The van der Waals surface area contributed by atoms with Gasteiger partial charge >= 0.3 is 0 Å². The molecule has 2 fully saturated rings. The molecule has 2 aliphatic heterocycles. The number of hydrogen-bond acceptors (Lipinski definition) is 3. The van der Waals surface area contributed by atoms with Gasteiger partial charge < -0.3 is 10.1 Å². The molecule has 2 nitrogen and oxygen atoms in total. The van der Waals surface area contributed by atoms with Crippen molar-refractivity contribution in [1.82, 2.24) is 5.32 Å². The van der Waals surface area contributed by atoms with Crippen molar-refractivity contribution in [2.24, 2.45) is 0 Å². The third kappa shape index (κ3) is 2.69. The summed E-state index contributed by atoms with van der Waals surface area (Å²) in [4.78, 5) is 0. The van der Waals surface area contributed by atoms with E-state index in [9.17, 15) is 0 Å². The van der Waals surface area contributed by atoms with Gasteiger partial charge in [-0.25, -0.2) is 0 Å². The molecular formula is C12H23NOS. The van der Waals surface area contributed by atoms with Crippen LogP contribution in [0.1, 0.15) is 40.5 Å². The Labute approximate surface area is 97.5 Å². The third-order valence-corrected chi connectivity index (χ3v) is 4.60. The van der Waals surface area contributed by atoms with E-state index in [0.717, 1.165) is 6.42 Å². The van der Waals surface area contributed by atoms with Crippen LogP contribution < -0.4 is 5.32 Å². The van der Waals surface area contributed by atoms with Crippen LogP contribution >= 0.6 is 11.8 Å². The maximum atomic E-state index is 6.09. The van der Waals surface area contributed by atoms with Gasteiger partial charge in [-0.1, -0.05) is 0 Å². The molecule has 0 radical (unpaired) electrons. The number of ether oxygens (including phenoxy) is 1. The standard InChI is InChI=1S/C12H23NOS/c1-11(2)7-10(12(3,4)14-11)13-9-5-6-15-8-9/h9-10,13H,5-8H2,1-4H3. The van der Waals surface area contributed by atoms with Crippen LogP contribution in [0.3, 0.4) is 0 Å². The predicted octanol–water partition coefficient (Wildman–Crippen LogP) is 2.43. The molecule has 2 aliphatic rings. The van der Waals surface area contributed by atoms with Gasteiger partial charge in [0.15, 0.2) is 0 Å². The summed E-state index contributed by atoms with van der Waals surface area (Å²) in [5.41, 5.74) is 0.0175. The molecule has 2 atom stereocenters. The highest BCUT2D eigenvalue weighted by Crippen LogP contribution is 2.38. The minimum atomic E-state index is -0.0171. The Morgan fingerprint density at radius 3 is 2.47 bits per heavy atom. The highest BCUT2D eigenvalue weighted by Gasteiger charge is 2.46. The smallest absolute Gasteiger partial charge is 0.0787 e. The van der Waals surface area contributed by atoms with Crippen molar-refractivity contribution in [3.63, 3.8) is 0 Å². The maximum absolute atomic E-state index is 6.09. The lowest BCUT2D eigenvalue weighted by molar-refractivity contribution is -0.0703. The molecule has 0 aromatic rings. The van der Waals surface area contributed by atoms with Crippen LogP contribution in [0.4, 0.5) is 0 Å². The molecule has 0 spiro atoms. The Morgan fingerprint density at radius 2 is 2.00 bits per heavy atom. The molecule has 0 saturated carbocycles. The van der Waals surface area contributed by atoms with E-state index in [1.54, 1.807) is 0 Å². The first-order chi connectivity index (χ1) is 6.89. The van der Waals surface area contributed by atoms with Crippen LogP contribution in [-0.2, 0) is 4.74 Å². The van der Waals surface area contributed by atoms with Crippen LogP contribution in [0.15, 0.2) is 0 Å². The summed E-state index contributed by atoms with van der Waals surface area (Å²) in [6.07, 6.45) is 2.44. The van der Waals surface area contributed by atoms with E-state index < -0.39 is 0 Å². The van der Waals surface area contributed by atoms with E-state index in [0.29, 0.717) is 12.1 Å². The fraction of sp³-hybridized carbons (Fsp3) is 1.00. The Kier molecular flexibility index (Phi) is 3.08. The van der Waals surface area contributed by atoms with Gasteiger partial charge in [-0.15, -0.1) is 0 Å². The first-order valence-electron chi connectivity index (χ1n) is 5.93. The molecule has 2 heterocycles. The molecule has 3 heteroatoms. The SMILES string of the molecule is CC1(C)CC(NC2CCSC2)C(C)(C)O1. The summed E-state index contributed by atoms with van der Waals surface area (Å²) in [5.74, 6) is 2.59. The van der Waals surface area contributed by atoms with Gasteiger partial charge in [0.1, 0.15) is 0 Å². The summed E-state index contributed by atoms with van der Waals surface area (Å²) < 4.78 is 6.09. The van der Waals surface area contributed by atoms with E-state index in [2.05, 4.69) is 44.8 Å². The molecular weight excluding hydrogens is 206 g/mol. The summed E-state index contributed by atoms with van der Waals surface area (Å²) in [6, 6.07) is 1.22. The van der Waals surface area contributed by atoms with Crippen LogP contribution in [0.2, 0.25) is 0 Å². The van der Waals surface area contributed by atoms with Gasteiger partial charge in [-0.3, -0.25) is 0 Å². The van der Waals surface area contributed by atoms with Crippen molar-refractivity contribution in [3.8, 4) is 0 Å². The molecule has 2 saturated heterocycles. The second-order valence-electron chi connectivity index (χ2n) is 5.95. The summed E-state index contributed by atoms with van der Waals surface area (Å²) in [6.45, 7) is 8.81. The molecule has 0 aliphatic carbocycles. The Hall–Kier alpha value is 0.270. The minimum absolute atomic E-state index is 0.0171. The molecule has 15 heavy (non-hydrogen) atoms. The quantitative estimate of drug-likeness (QED) is 0.786.